The Hall–Kier alpha value is -2.14. The molecule has 0 fully saturated rings. The summed E-state index contributed by atoms with van der Waals surface area (Å²) in [6.07, 6.45) is 0. The van der Waals surface area contributed by atoms with Gasteiger partial charge in [-0.3, -0.25) is 9.78 Å². The SMILES string of the molecule is O=c1[nH]c(=O)c2cc(S(=O)(=O)Oc3ccc(I)cc3)ccc2[nH]1. The van der Waals surface area contributed by atoms with Crippen LogP contribution in [0.5, 0.6) is 5.75 Å². The first-order valence-corrected chi connectivity index (χ1v) is 8.80. The summed E-state index contributed by atoms with van der Waals surface area (Å²) in [6, 6.07) is 10.2. The predicted octanol–water partition coefficient (Wildman–Crippen LogP) is 1.59. The average molecular weight is 444 g/mol. The van der Waals surface area contributed by atoms with E-state index < -0.39 is 21.4 Å². The molecule has 2 aromatic carbocycles. The lowest BCUT2D eigenvalue weighted by Crippen LogP contribution is -2.22. The monoisotopic (exact) mass is 444 g/mol. The Morgan fingerprint density at radius 3 is 2.35 bits per heavy atom. The largest absolute Gasteiger partial charge is 0.379 e. The number of H-pyrrole nitrogens is 2. The van der Waals surface area contributed by atoms with Gasteiger partial charge in [-0.15, -0.1) is 0 Å². The molecule has 0 aliphatic carbocycles. The van der Waals surface area contributed by atoms with E-state index in [1.165, 1.54) is 24.3 Å². The van der Waals surface area contributed by atoms with E-state index in [4.69, 9.17) is 4.18 Å². The molecule has 3 rings (SSSR count). The number of halogens is 1. The van der Waals surface area contributed by atoms with E-state index in [2.05, 4.69) is 27.6 Å². The zero-order valence-corrected chi connectivity index (χ0v) is 14.3. The lowest BCUT2D eigenvalue weighted by atomic mass is 10.2. The first-order valence-electron chi connectivity index (χ1n) is 6.31. The third-order valence-corrected chi connectivity index (χ3v) is 4.98. The Labute approximate surface area is 143 Å². The molecule has 0 atom stereocenters. The van der Waals surface area contributed by atoms with E-state index in [-0.39, 0.29) is 21.5 Å². The minimum atomic E-state index is -4.09. The van der Waals surface area contributed by atoms with Gasteiger partial charge in [0.25, 0.3) is 5.56 Å². The Morgan fingerprint density at radius 2 is 1.65 bits per heavy atom. The molecule has 0 aliphatic heterocycles. The van der Waals surface area contributed by atoms with Gasteiger partial charge in [-0.25, -0.2) is 4.79 Å². The molecule has 0 bridgehead atoms. The van der Waals surface area contributed by atoms with Gasteiger partial charge in [0, 0.05) is 3.57 Å². The highest BCUT2D eigenvalue weighted by atomic mass is 127. The Morgan fingerprint density at radius 1 is 0.957 bits per heavy atom. The molecule has 0 saturated carbocycles. The van der Waals surface area contributed by atoms with Crippen molar-refractivity contribution < 1.29 is 12.6 Å². The number of aromatic nitrogens is 2. The van der Waals surface area contributed by atoms with Crippen molar-refractivity contribution in [3.05, 3.63) is 66.9 Å². The fourth-order valence-electron chi connectivity index (χ4n) is 1.96. The predicted molar refractivity (Wildman–Crippen MR) is 92.2 cm³/mol. The van der Waals surface area contributed by atoms with Gasteiger partial charge >= 0.3 is 15.8 Å². The van der Waals surface area contributed by atoms with Crippen LogP contribution in [0.4, 0.5) is 0 Å². The highest BCUT2D eigenvalue weighted by Gasteiger charge is 2.18. The highest BCUT2D eigenvalue weighted by Crippen LogP contribution is 2.21. The first kappa shape index (κ1) is 15.7. The molecule has 1 aromatic heterocycles. The summed E-state index contributed by atoms with van der Waals surface area (Å²) in [6.45, 7) is 0. The van der Waals surface area contributed by atoms with Crippen LogP contribution in [0.25, 0.3) is 10.9 Å². The normalized spacial score (nSPS) is 11.5. The van der Waals surface area contributed by atoms with Crippen LogP contribution >= 0.6 is 22.6 Å². The van der Waals surface area contributed by atoms with Crippen LogP contribution in [0.15, 0.2) is 56.9 Å². The van der Waals surface area contributed by atoms with E-state index in [1.54, 1.807) is 12.1 Å². The molecule has 0 radical (unpaired) electrons. The van der Waals surface area contributed by atoms with Gasteiger partial charge in [-0.1, -0.05) is 0 Å². The maximum absolute atomic E-state index is 12.3. The number of hydrogen-bond acceptors (Lipinski definition) is 5. The van der Waals surface area contributed by atoms with E-state index >= 15 is 0 Å². The molecule has 0 aliphatic rings. The standard InChI is InChI=1S/C14H9IN2O5S/c15-8-1-3-9(4-2-8)22-23(20,21)10-5-6-12-11(7-10)13(18)17-14(19)16-12/h1-7H,(H2,16,17,18,19). The average Bonchev–Trinajstić information content (AvgIpc) is 2.49. The van der Waals surface area contributed by atoms with E-state index in [0.717, 1.165) is 9.64 Å². The van der Waals surface area contributed by atoms with Crippen molar-refractivity contribution in [3.63, 3.8) is 0 Å². The molecule has 0 amide bonds. The number of fused-ring (bicyclic) bond motifs is 1. The van der Waals surface area contributed by atoms with Crippen molar-refractivity contribution in [1.29, 1.82) is 0 Å². The molecule has 0 unspecified atom stereocenters. The van der Waals surface area contributed by atoms with Gasteiger partial charge in [0.05, 0.1) is 10.9 Å². The molecule has 7 nitrogen and oxygen atoms in total. The molecular formula is C14H9IN2O5S. The van der Waals surface area contributed by atoms with E-state index in [9.17, 15) is 18.0 Å². The summed E-state index contributed by atoms with van der Waals surface area (Å²) in [5.74, 6) is 0.167. The Bertz CT molecular complexity index is 1100. The Kier molecular flexibility index (Phi) is 3.98. The molecule has 0 spiro atoms. The van der Waals surface area contributed by atoms with Crippen LogP contribution in [0.3, 0.4) is 0 Å². The summed E-state index contributed by atoms with van der Waals surface area (Å²) in [5, 5.41) is 0.0527. The van der Waals surface area contributed by atoms with Crippen LogP contribution in [0.1, 0.15) is 0 Å². The minimum absolute atomic E-state index is 0.0527. The van der Waals surface area contributed by atoms with Crippen LogP contribution in [-0.4, -0.2) is 18.4 Å². The molecule has 0 saturated heterocycles. The van der Waals surface area contributed by atoms with Crippen LogP contribution in [-0.2, 0) is 10.1 Å². The number of nitrogens with one attached hydrogen (secondary N) is 2. The summed E-state index contributed by atoms with van der Waals surface area (Å²) < 4.78 is 30.6. The lowest BCUT2D eigenvalue weighted by Gasteiger charge is -2.07. The molecule has 3 aromatic rings. The van der Waals surface area contributed by atoms with E-state index in [0.29, 0.717) is 0 Å². The highest BCUT2D eigenvalue weighted by molar-refractivity contribution is 14.1. The van der Waals surface area contributed by atoms with Gasteiger partial charge in [0.2, 0.25) is 0 Å². The second-order valence-electron chi connectivity index (χ2n) is 4.61. The lowest BCUT2D eigenvalue weighted by molar-refractivity contribution is 0.486. The zero-order valence-electron chi connectivity index (χ0n) is 11.4. The fraction of sp³-hybridized carbons (Fsp3) is 0. The topological polar surface area (TPSA) is 109 Å². The van der Waals surface area contributed by atoms with Crippen molar-refractivity contribution in [2.45, 2.75) is 4.90 Å². The van der Waals surface area contributed by atoms with E-state index in [1.807, 2.05) is 4.98 Å². The summed E-state index contributed by atoms with van der Waals surface area (Å²) in [5.41, 5.74) is -1.09. The van der Waals surface area contributed by atoms with Crippen molar-refractivity contribution in [3.8, 4) is 5.75 Å². The zero-order chi connectivity index (χ0) is 16.6. The van der Waals surface area contributed by atoms with Gasteiger partial charge in [0.15, 0.2) is 0 Å². The first-order chi connectivity index (χ1) is 10.8. The minimum Gasteiger partial charge on any atom is -0.379 e. The number of rotatable bonds is 3. The van der Waals surface area contributed by atoms with Crippen molar-refractivity contribution in [2.75, 3.05) is 0 Å². The number of hydrogen-bond donors (Lipinski definition) is 2. The maximum Gasteiger partial charge on any atom is 0.339 e. The smallest absolute Gasteiger partial charge is 0.339 e. The van der Waals surface area contributed by atoms with Crippen LogP contribution < -0.4 is 15.4 Å². The third kappa shape index (κ3) is 3.29. The quantitative estimate of drug-likeness (QED) is 0.471. The third-order valence-electron chi connectivity index (χ3n) is 3.02. The van der Waals surface area contributed by atoms with Crippen LogP contribution in [0, 0.1) is 3.57 Å². The van der Waals surface area contributed by atoms with Gasteiger partial charge in [-0.2, -0.15) is 8.42 Å². The molecule has 118 valence electrons. The van der Waals surface area contributed by atoms with Crippen molar-refractivity contribution in [1.82, 2.24) is 9.97 Å². The maximum atomic E-state index is 12.3. The second-order valence-corrected chi connectivity index (χ2v) is 7.40. The molecule has 9 heteroatoms. The van der Waals surface area contributed by atoms with Gasteiger partial charge < -0.3 is 9.17 Å². The summed E-state index contributed by atoms with van der Waals surface area (Å²) in [7, 11) is -4.09. The van der Waals surface area contributed by atoms with Crippen LogP contribution in [0.2, 0.25) is 0 Å². The summed E-state index contributed by atoms with van der Waals surface area (Å²) in [4.78, 5) is 27.2. The number of aromatic amines is 2. The van der Waals surface area contributed by atoms with Crippen molar-refractivity contribution >= 4 is 43.6 Å². The Balaban J connectivity index is 2.06. The molecular weight excluding hydrogens is 435 g/mol. The van der Waals surface area contributed by atoms with Gasteiger partial charge in [-0.05, 0) is 65.1 Å². The second kappa shape index (κ2) is 5.81. The fourth-order valence-corrected chi connectivity index (χ4v) is 3.28. The van der Waals surface area contributed by atoms with Crippen molar-refractivity contribution in [2.24, 2.45) is 0 Å². The number of benzene rings is 2. The van der Waals surface area contributed by atoms with Gasteiger partial charge in [0.1, 0.15) is 10.6 Å². The molecule has 23 heavy (non-hydrogen) atoms. The molecule has 1 heterocycles. The summed E-state index contributed by atoms with van der Waals surface area (Å²) >= 11 is 2.09. The molecule has 2 N–H and O–H groups in total.